The van der Waals surface area contributed by atoms with Gasteiger partial charge in [-0.05, 0) is 41.1 Å². The molecule has 1 amide bonds. The molecule has 0 atom stereocenters. The molecule has 2 aromatic heterocycles. The van der Waals surface area contributed by atoms with Gasteiger partial charge in [0.25, 0.3) is 5.91 Å². The average Bonchev–Trinajstić information content (AvgIpc) is 2.34. The summed E-state index contributed by atoms with van der Waals surface area (Å²) in [7, 11) is 0. The zero-order valence-corrected chi connectivity index (χ0v) is 11.8. The monoisotopic (exact) mass is 325 g/mol. The Balaban J connectivity index is 2.22. The van der Waals surface area contributed by atoms with Crippen LogP contribution in [-0.4, -0.2) is 15.9 Å². The highest BCUT2D eigenvalue weighted by molar-refractivity contribution is 9.10. The zero-order chi connectivity index (χ0) is 13.1. The van der Waals surface area contributed by atoms with Gasteiger partial charge in [0.05, 0.1) is 16.3 Å². The number of aromatic nitrogens is 2. The van der Waals surface area contributed by atoms with Crippen molar-refractivity contribution in [1.82, 2.24) is 9.97 Å². The van der Waals surface area contributed by atoms with Crippen LogP contribution in [0.5, 0.6) is 0 Å². The van der Waals surface area contributed by atoms with E-state index in [4.69, 9.17) is 11.6 Å². The molecule has 18 heavy (non-hydrogen) atoms. The Labute approximate surface area is 118 Å². The van der Waals surface area contributed by atoms with E-state index in [2.05, 4.69) is 31.2 Å². The molecule has 0 radical (unpaired) electrons. The number of pyridine rings is 2. The molecule has 0 saturated heterocycles. The highest BCUT2D eigenvalue weighted by atomic mass is 79.9. The Morgan fingerprint density at radius 3 is 2.83 bits per heavy atom. The third-order valence-electron chi connectivity index (χ3n) is 2.28. The van der Waals surface area contributed by atoms with Gasteiger partial charge in [-0.15, -0.1) is 0 Å². The van der Waals surface area contributed by atoms with E-state index in [0.29, 0.717) is 16.4 Å². The normalized spacial score (nSPS) is 10.2. The summed E-state index contributed by atoms with van der Waals surface area (Å²) in [5, 5.41) is 2.99. The number of anilines is 1. The Bertz CT molecular complexity index is 604. The minimum atomic E-state index is -0.309. The van der Waals surface area contributed by atoms with Crippen molar-refractivity contribution in [1.29, 1.82) is 0 Å². The van der Waals surface area contributed by atoms with Crippen molar-refractivity contribution in [2.45, 2.75) is 6.92 Å². The van der Waals surface area contributed by atoms with E-state index in [1.807, 2.05) is 13.0 Å². The van der Waals surface area contributed by atoms with Crippen LogP contribution in [0.3, 0.4) is 0 Å². The molecule has 0 aliphatic carbocycles. The number of halogens is 2. The Morgan fingerprint density at radius 1 is 1.39 bits per heavy atom. The predicted octanol–water partition coefficient (Wildman–Crippen LogP) is 3.45. The molecule has 2 aromatic rings. The molecule has 6 heteroatoms. The summed E-state index contributed by atoms with van der Waals surface area (Å²) in [6.07, 6.45) is 2.94. The number of rotatable bonds is 2. The van der Waals surface area contributed by atoms with Crippen LogP contribution in [0.15, 0.2) is 35.1 Å². The summed E-state index contributed by atoms with van der Waals surface area (Å²) in [6.45, 7) is 1.85. The first-order valence-corrected chi connectivity index (χ1v) is 6.29. The van der Waals surface area contributed by atoms with Crippen LogP contribution in [0.4, 0.5) is 5.82 Å². The van der Waals surface area contributed by atoms with E-state index >= 15 is 0 Å². The number of carbonyl (C=O) groups is 1. The maximum Gasteiger partial charge on any atom is 0.258 e. The number of amides is 1. The van der Waals surface area contributed by atoms with Gasteiger partial charge in [0, 0.05) is 16.9 Å². The highest BCUT2D eigenvalue weighted by Crippen LogP contribution is 2.18. The van der Waals surface area contributed by atoms with E-state index < -0.39 is 0 Å². The van der Waals surface area contributed by atoms with Crippen LogP contribution >= 0.6 is 27.5 Å². The molecule has 0 unspecified atom stereocenters. The number of hydrogen-bond acceptors (Lipinski definition) is 3. The van der Waals surface area contributed by atoms with Crippen LogP contribution in [-0.2, 0) is 0 Å². The fourth-order valence-corrected chi connectivity index (χ4v) is 1.78. The molecule has 0 aromatic carbocycles. The number of nitrogens with zero attached hydrogens (tertiary/aromatic N) is 2. The summed E-state index contributed by atoms with van der Waals surface area (Å²) in [4.78, 5) is 20.0. The molecule has 1 N–H and O–H groups in total. The van der Waals surface area contributed by atoms with Crippen LogP contribution in [0.25, 0.3) is 0 Å². The molecule has 2 rings (SSSR count). The zero-order valence-electron chi connectivity index (χ0n) is 9.45. The molecule has 0 aliphatic rings. The minimum Gasteiger partial charge on any atom is -0.307 e. The lowest BCUT2D eigenvalue weighted by atomic mass is 10.2. The van der Waals surface area contributed by atoms with Crippen molar-refractivity contribution < 1.29 is 4.79 Å². The van der Waals surface area contributed by atoms with Gasteiger partial charge in [0.1, 0.15) is 5.82 Å². The minimum absolute atomic E-state index is 0.309. The maximum absolute atomic E-state index is 12.0. The molecule has 0 bridgehead atoms. The maximum atomic E-state index is 12.0. The summed E-state index contributed by atoms with van der Waals surface area (Å²) in [6, 6.07) is 5.10. The first-order chi connectivity index (χ1) is 8.58. The second-order valence-corrected chi connectivity index (χ2v) is 4.83. The molecule has 92 valence electrons. The molecular formula is C12H9BrClN3O. The molecular weight excluding hydrogens is 318 g/mol. The number of carbonyl (C=O) groups excluding carboxylic acids is 1. The van der Waals surface area contributed by atoms with Gasteiger partial charge < -0.3 is 5.32 Å². The van der Waals surface area contributed by atoms with Crippen molar-refractivity contribution in [2.75, 3.05) is 5.32 Å². The predicted molar refractivity (Wildman–Crippen MR) is 73.9 cm³/mol. The van der Waals surface area contributed by atoms with Crippen molar-refractivity contribution in [3.63, 3.8) is 0 Å². The van der Waals surface area contributed by atoms with E-state index in [0.717, 1.165) is 10.2 Å². The number of nitrogens with one attached hydrogen (secondary N) is 1. The van der Waals surface area contributed by atoms with Crippen LogP contribution in [0.1, 0.15) is 16.1 Å². The third kappa shape index (κ3) is 2.86. The van der Waals surface area contributed by atoms with Crippen molar-refractivity contribution in [2.24, 2.45) is 0 Å². The van der Waals surface area contributed by atoms with Gasteiger partial charge in [-0.25, -0.2) is 4.98 Å². The van der Waals surface area contributed by atoms with Gasteiger partial charge in [-0.1, -0.05) is 11.6 Å². The van der Waals surface area contributed by atoms with Crippen molar-refractivity contribution in [3.05, 3.63) is 51.3 Å². The molecule has 4 nitrogen and oxygen atoms in total. The van der Waals surface area contributed by atoms with Crippen LogP contribution < -0.4 is 5.32 Å². The van der Waals surface area contributed by atoms with Crippen LogP contribution in [0.2, 0.25) is 5.02 Å². The average molecular weight is 327 g/mol. The molecule has 0 spiro atoms. The summed E-state index contributed by atoms with van der Waals surface area (Å²) >= 11 is 9.24. The summed E-state index contributed by atoms with van der Waals surface area (Å²) in [5.74, 6) is 0.171. The second-order valence-electron chi connectivity index (χ2n) is 3.57. The fourth-order valence-electron chi connectivity index (χ4n) is 1.36. The van der Waals surface area contributed by atoms with E-state index in [1.54, 1.807) is 12.1 Å². The second kappa shape index (κ2) is 5.46. The first-order valence-electron chi connectivity index (χ1n) is 5.12. The van der Waals surface area contributed by atoms with Gasteiger partial charge in [0.15, 0.2) is 0 Å². The van der Waals surface area contributed by atoms with Crippen LogP contribution in [0, 0.1) is 6.92 Å². The Hall–Kier alpha value is -1.46. The van der Waals surface area contributed by atoms with Gasteiger partial charge >= 0.3 is 0 Å². The third-order valence-corrected chi connectivity index (χ3v) is 3.42. The van der Waals surface area contributed by atoms with Gasteiger partial charge in [-0.2, -0.15) is 0 Å². The SMILES string of the molecule is Cc1nc(NC(=O)c2ccncc2Cl)ccc1Br. The first kappa shape index (κ1) is 13.0. The summed E-state index contributed by atoms with van der Waals surface area (Å²) < 4.78 is 0.891. The lowest BCUT2D eigenvalue weighted by molar-refractivity contribution is 0.102. The number of aryl methyl sites for hydroxylation is 1. The van der Waals surface area contributed by atoms with Gasteiger partial charge in [-0.3, -0.25) is 9.78 Å². The Kier molecular flexibility index (Phi) is 3.93. The van der Waals surface area contributed by atoms with Crippen molar-refractivity contribution >= 4 is 39.3 Å². The largest absolute Gasteiger partial charge is 0.307 e. The van der Waals surface area contributed by atoms with Gasteiger partial charge in [0.2, 0.25) is 0 Å². The standard InChI is InChI=1S/C12H9BrClN3O/c1-7-9(13)2-3-11(16-7)17-12(18)8-4-5-15-6-10(8)14/h2-6H,1H3,(H,16,17,18). The van der Waals surface area contributed by atoms with Crippen molar-refractivity contribution in [3.8, 4) is 0 Å². The summed E-state index contributed by atoms with van der Waals surface area (Å²) in [5.41, 5.74) is 1.17. The number of hydrogen-bond donors (Lipinski definition) is 1. The highest BCUT2D eigenvalue weighted by Gasteiger charge is 2.11. The quantitative estimate of drug-likeness (QED) is 0.919. The lowest BCUT2D eigenvalue weighted by Gasteiger charge is -2.06. The molecule has 0 saturated carbocycles. The topological polar surface area (TPSA) is 54.9 Å². The van der Waals surface area contributed by atoms with E-state index in [9.17, 15) is 4.79 Å². The fraction of sp³-hybridized carbons (Fsp3) is 0.0833. The van der Waals surface area contributed by atoms with E-state index in [-0.39, 0.29) is 5.91 Å². The Morgan fingerprint density at radius 2 is 2.17 bits per heavy atom. The molecule has 0 fully saturated rings. The lowest BCUT2D eigenvalue weighted by Crippen LogP contribution is -2.13. The smallest absolute Gasteiger partial charge is 0.258 e. The van der Waals surface area contributed by atoms with E-state index in [1.165, 1.54) is 12.4 Å². The molecule has 0 aliphatic heterocycles. The molecule has 2 heterocycles.